The highest BCUT2D eigenvalue weighted by Gasteiger charge is 2.23. The number of anilines is 1. The van der Waals surface area contributed by atoms with Gasteiger partial charge in [0, 0.05) is 19.1 Å². The number of hydrogen-bond donors (Lipinski definition) is 1. The molecule has 0 bridgehead atoms. The largest absolute Gasteiger partial charge is 0.355 e. The van der Waals surface area contributed by atoms with Gasteiger partial charge in [0.15, 0.2) is 5.82 Å². The first-order valence-electron chi connectivity index (χ1n) is 6.42. The average molecular weight is 234 g/mol. The SMILES string of the molecule is CNC(C)C1CCN(c2cc(C)cnn2)CC1. The summed E-state index contributed by atoms with van der Waals surface area (Å²) in [5.74, 6) is 1.81. The zero-order valence-electron chi connectivity index (χ0n) is 11.0. The standard InChI is InChI=1S/C13H22N4/c1-10-8-13(16-15-9-10)17-6-4-12(5-7-17)11(2)14-3/h8-9,11-12,14H,4-7H2,1-3H3. The van der Waals surface area contributed by atoms with E-state index in [2.05, 4.69) is 40.3 Å². The molecule has 0 saturated carbocycles. The minimum absolute atomic E-state index is 0.612. The summed E-state index contributed by atoms with van der Waals surface area (Å²) in [7, 11) is 2.04. The summed E-state index contributed by atoms with van der Waals surface area (Å²) in [4.78, 5) is 2.35. The Labute approximate surface area is 103 Å². The molecule has 1 aliphatic rings. The summed E-state index contributed by atoms with van der Waals surface area (Å²) in [6.07, 6.45) is 4.27. The van der Waals surface area contributed by atoms with Crippen LogP contribution in [0.15, 0.2) is 12.3 Å². The van der Waals surface area contributed by atoms with Crippen molar-refractivity contribution in [3.63, 3.8) is 0 Å². The van der Waals surface area contributed by atoms with E-state index in [4.69, 9.17) is 0 Å². The monoisotopic (exact) mass is 234 g/mol. The summed E-state index contributed by atoms with van der Waals surface area (Å²) in [5, 5.41) is 11.6. The lowest BCUT2D eigenvalue weighted by molar-refractivity contribution is 0.322. The molecule has 1 fully saturated rings. The molecule has 1 N–H and O–H groups in total. The Morgan fingerprint density at radius 2 is 2.12 bits per heavy atom. The van der Waals surface area contributed by atoms with E-state index < -0.39 is 0 Å². The molecule has 1 aliphatic heterocycles. The number of aryl methyl sites for hydroxylation is 1. The fourth-order valence-corrected chi connectivity index (χ4v) is 2.47. The molecule has 2 heterocycles. The maximum Gasteiger partial charge on any atom is 0.151 e. The summed E-state index contributed by atoms with van der Waals surface area (Å²) < 4.78 is 0. The number of rotatable bonds is 3. The van der Waals surface area contributed by atoms with E-state index >= 15 is 0 Å². The van der Waals surface area contributed by atoms with Crippen LogP contribution < -0.4 is 10.2 Å². The zero-order valence-corrected chi connectivity index (χ0v) is 11.0. The Bertz CT molecular complexity index is 358. The molecule has 4 nitrogen and oxygen atoms in total. The first-order valence-corrected chi connectivity index (χ1v) is 6.42. The van der Waals surface area contributed by atoms with E-state index in [1.807, 2.05) is 7.05 Å². The molecule has 17 heavy (non-hydrogen) atoms. The van der Waals surface area contributed by atoms with Gasteiger partial charge >= 0.3 is 0 Å². The van der Waals surface area contributed by atoms with Crippen molar-refractivity contribution >= 4 is 5.82 Å². The highest BCUT2D eigenvalue weighted by molar-refractivity contribution is 5.39. The highest BCUT2D eigenvalue weighted by atomic mass is 15.3. The average Bonchev–Trinajstić information content (AvgIpc) is 2.38. The van der Waals surface area contributed by atoms with E-state index in [-0.39, 0.29) is 0 Å². The molecule has 0 aliphatic carbocycles. The van der Waals surface area contributed by atoms with Crippen molar-refractivity contribution in [2.24, 2.45) is 5.92 Å². The van der Waals surface area contributed by atoms with Crippen LogP contribution in [0.4, 0.5) is 5.82 Å². The number of nitrogens with zero attached hydrogens (tertiary/aromatic N) is 3. The van der Waals surface area contributed by atoms with Gasteiger partial charge in [0.05, 0.1) is 6.20 Å². The van der Waals surface area contributed by atoms with Crippen molar-refractivity contribution in [1.82, 2.24) is 15.5 Å². The molecule has 2 rings (SSSR count). The molecular formula is C13H22N4. The molecule has 0 amide bonds. The molecule has 0 spiro atoms. The highest BCUT2D eigenvalue weighted by Crippen LogP contribution is 2.23. The first-order chi connectivity index (χ1) is 8.20. The van der Waals surface area contributed by atoms with Gasteiger partial charge in [0.1, 0.15) is 0 Å². The summed E-state index contributed by atoms with van der Waals surface area (Å²) >= 11 is 0. The van der Waals surface area contributed by atoms with Crippen LogP contribution in [0, 0.1) is 12.8 Å². The van der Waals surface area contributed by atoms with Crippen LogP contribution in [0.5, 0.6) is 0 Å². The zero-order chi connectivity index (χ0) is 12.3. The summed E-state index contributed by atoms with van der Waals surface area (Å²) in [6, 6.07) is 2.73. The normalized spacial score (nSPS) is 19.4. The second kappa shape index (κ2) is 5.45. The Balaban J connectivity index is 1.95. The van der Waals surface area contributed by atoms with Crippen molar-refractivity contribution < 1.29 is 0 Å². The minimum atomic E-state index is 0.612. The summed E-state index contributed by atoms with van der Waals surface area (Å²) in [5.41, 5.74) is 1.18. The van der Waals surface area contributed by atoms with E-state index in [1.165, 1.54) is 18.4 Å². The Hall–Kier alpha value is -1.16. The van der Waals surface area contributed by atoms with E-state index in [0.29, 0.717) is 6.04 Å². The predicted octanol–water partition coefficient (Wildman–Crippen LogP) is 1.61. The third-order valence-corrected chi connectivity index (χ3v) is 3.80. The van der Waals surface area contributed by atoms with Gasteiger partial charge in [0.2, 0.25) is 0 Å². The van der Waals surface area contributed by atoms with Crippen LogP contribution in [0.1, 0.15) is 25.3 Å². The number of hydrogen-bond acceptors (Lipinski definition) is 4. The first kappa shape index (κ1) is 12.3. The van der Waals surface area contributed by atoms with E-state index in [0.717, 1.165) is 24.8 Å². The molecule has 0 aromatic carbocycles. The smallest absolute Gasteiger partial charge is 0.151 e. The lowest BCUT2D eigenvalue weighted by Gasteiger charge is -2.35. The third kappa shape index (κ3) is 2.94. The van der Waals surface area contributed by atoms with Crippen LogP contribution in [-0.4, -0.2) is 36.4 Å². The molecule has 1 atom stereocenters. The molecule has 1 aromatic heterocycles. The maximum absolute atomic E-state index is 4.21. The molecule has 0 radical (unpaired) electrons. The topological polar surface area (TPSA) is 41.0 Å². The van der Waals surface area contributed by atoms with Gasteiger partial charge in [-0.15, -0.1) is 5.10 Å². The van der Waals surface area contributed by atoms with Gasteiger partial charge in [-0.3, -0.25) is 0 Å². The van der Waals surface area contributed by atoms with Crippen molar-refractivity contribution in [3.8, 4) is 0 Å². The number of piperidine rings is 1. The number of nitrogens with one attached hydrogen (secondary N) is 1. The molecule has 94 valence electrons. The fourth-order valence-electron chi connectivity index (χ4n) is 2.47. The van der Waals surface area contributed by atoms with Crippen molar-refractivity contribution in [2.45, 2.75) is 32.7 Å². The quantitative estimate of drug-likeness (QED) is 0.862. The Kier molecular flexibility index (Phi) is 3.94. The maximum atomic E-state index is 4.21. The van der Waals surface area contributed by atoms with Crippen molar-refractivity contribution in [1.29, 1.82) is 0 Å². The predicted molar refractivity (Wildman–Crippen MR) is 70.2 cm³/mol. The summed E-state index contributed by atoms with van der Waals surface area (Å²) in [6.45, 7) is 6.52. The lowest BCUT2D eigenvalue weighted by Crippen LogP contribution is -2.41. The van der Waals surface area contributed by atoms with Crippen LogP contribution in [0.25, 0.3) is 0 Å². The minimum Gasteiger partial charge on any atom is -0.355 e. The molecule has 1 unspecified atom stereocenters. The van der Waals surface area contributed by atoms with Crippen LogP contribution >= 0.6 is 0 Å². The Morgan fingerprint density at radius 1 is 1.41 bits per heavy atom. The third-order valence-electron chi connectivity index (χ3n) is 3.80. The second-order valence-electron chi connectivity index (χ2n) is 4.99. The van der Waals surface area contributed by atoms with Gasteiger partial charge in [0.25, 0.3) is 0 Å². The van der Waals surface area contributed by atoms with Gasteiger partial charge in [-0.05, 0) is 51.3 Å². The molecule has 1 aromatic rings. The van der Waals surface area contributed by atoms with Crippen molar-refractivity contribution in [3.05, 3.63) is 17.8 Å². The van der Waals surface area contributed by atoms with E-state index in [9.17, 15) is 0 Å². The Morgan fingerprint density at radius 3 is 2.71 bits per heavy atom. The van der Waals surface area contributed by atoms with E-state index in [1.54, 1.807) is 6.20 Å². The fraction of sp³-hybridized carbons (Fsp3) is 0.692. The van der Waals surface area contributed by atoms with Crippen molar-refractivity contribution in [2.75, 3.05) is 25.0 Å². The molecule has 1 saturated heterocycles. The van der Waals surface area contributed by atoms with Crippen LogP contribution in [0.3, 0.4) is 0 Å². The molecular weight excluding hydrogens is 212 g/mol. The van der Waals surface area contributed by atoms with Gasteiger partial charge in [-0.25, -0.2) is 0 Å². The second-order valence-corrected chi connectivity index (χ2v) is 4.99. The molecule has 4 heteroatoms. The van der Waals surface area contributed by atoms with Crippen LogP contribution in [-0.2, 0) is 0 Å². The lowest BCUT2D eigenvalue weighted by atomic mass is 9.90. The van der Waals surface area contributed by atoms with Crippen LogP contribution in [0.2, 0.25) is 0 Å². The van der Waals surface area contributed by atoms with Gasteiger partial charge in [-0.2, -0.15) is 5.10 Å². The number of aromatic nitrogens is 2. The van der Waals surface area contributed by atoms with Gasteiger partial charge in [-0.1, -0.05) is 0 Å². The van der Waals surface area contributed by atoms with Gasteiger partial charge < -0.3 is 10.2 Å².